The zero-order valence-electron chi connectivity index (χ0n) is 7.90. The van der Waals surface area contributed by atoms with Gasteiger partial charge in [-0.25, -0.2) is 0 Å². The van der Waals surface area contributed by atoms with Gasteiger partial charge in [0.2, 0.25) is 0 Å². The largest absolute Gasteiger partial charge is 0.466 e. The van der Waals surface area contributed by atoms with Gasteiger partial charge in [0.15, 0.2) is 0 Å². The molecule has 0 aromatic heterocycles. The number of aliphatic hydroxyl groups excluding tert-OH is 1. The highest BCUT2D eigenvalue weighted by molar-refractivity contribution is 5.73. The standard InChI is InChI=1S/C10H16O3/c1-3-7-5-8(11)6-9(7)10(12)13-4-2/h3,7-9,11H,1,4-6H2,2H3/t7-,8+,9-/m0/s1. The number of hydrogen-bond donors (Lipinski definition) is 1. The summed E-state index contributed by atoms with van der Waals surface area (Å²) in [5.74, 6) is -0.314. The van der Waals surface area contributed by atoms with Crippen LogP contribution >= 0.6 is 0 Å². The SMILES string of the molecule is C=C[C@H]1C[C@@H](O)C[C@@H]1C(=O)OCC. The van der Waals surface area contributed by atoms with Gasteiger partial charge in [-0.3, -0.25) is 4.79 Å². The number of carbonyl (C=O) groups is 1. The highest BCUT2D eigenvalue weighted by Crippen LogP contribution is 2.33. The maximum absolute atomic E-state index is 11.4. The molecule has 3 nitrogen and oxygen atoms in total. The van der Waals surface area contributed by atoms with E-state index >= 15 is 0 Å². The van der Waals surface area contributed by atoms with Gasteiger partial charge in [-0.05, 0) is 25.7 Å². The Morgan fingerprint density at radius 1 is 1.69 bits per heavy atom. The first-order valence-electron chi connectivity index (χ1n) is 4.66. The molecule has 0 saturated heterocycles. The smallest absolute Gasteiger partial charge is 0.309 e. The Hall–Kier alpha value is -0.830. The molecule has 3 atom stereocenters. The quantitative estimate of drug-likeness (QED) is 0.528. The van der Waals surface area contributed by atoms with Crippen LogP contribution in [0.25, 0.3) is 0 Å². The van der Waals surface area contributed by atoms with Crippen LogP contribution in [0.4, 0.5) is 0 Å². The summed E-state index contributed by atoms with van der Waals surface area (Å²) < 4.78 is 4.91. The van der Waals surface area contributed by atoms with Crippen molar-refractivity contribution in [1.29, 1.82) is 0 Å². The lowest BCUT2D eigenvalue weighted by Gasteiger charge is -2.13. The number of carbonyl (C=O) groups excluding carboxylic acids is 1. The van der Waals surface area contributed by atoms with Crippen LogP contribution in [0.15, 0.2) is 12.7 Å². The third kappa shape index (κ3) is 2.31. The maximum atomic E-state index is 11.4. The molecule has 0 bridgehead atoms. The van der Waals surface area contributed by atoms with Gasteiger partial charge in [-0.15, -0.1) is 6.58 Å². The van der Waals surface area contributed by atoms with E-state index in [0.717, 1.165) is 0 Å². The van der Waals surface area contributed by atoms with Crippen molar-refractivity contribution in [2.75, 3.05) is 6.61 Å². The van der Waals surface area contributed by atoms with E-state index in [-0.39, 0.29) is 23.9 Å². The molecule has 0 spiro atoms. The van der Waals surface area contributed by atoms with E-state index in [9.17, 15) is 9.90 Å². The fraction of sp³-hybridized carbons (Fsp3) is 0.700. The van der Waals surface area contributed by atoms with E-state index in [1.165, 1.54) is 0 Å². The minimum absolute atomic E-state index is 0.0778. The summed E-state index contributed by atoms with van der Waals surface area (Å²) in [5.41, 5.74) is 0. The Bertz CT molecular complexity index is 200. The van der Waals surface area contributed by atoms with Crippen molar-refractivity contribution in [1.82, 2.24) is 0 Å². The van der Waals surface area contributed by atoms with Crippen molar-refractivity contribution in [3.63, 3.8) is 0 Å². The van der Waals surface area contributed by atoms with Gasteiger partial charge >= 0.3 is 5.97 Å². The van der Waals surface area contributed by atoms with Gasteiger partial charge in [0.05, 0.1) is 18.6 Å². The molecule has 0 aromatic rings. The fourth-order valence-corrected chi connectivity index (χ4v) is 1.82. The number of allylic oxidation sites excluding steroid dienone is 1. The molecule has 0 unspecified atom stereocenters. The van der Waals surface area contributed by atoms with Crippen molar-refractivity contribution in [2.24, 2.45) is 11.8 Å². The fourth-order valence-electron chi connectivity index (χ4n) is 1.82. The predicted octanol–water partition coefficient (Wildman–Crippen LogP) is 1.12. The van der Waals surface area contributed by atoms with Crippen LogP contribution in [0.2, 0.25) is 0 Å². The van der Waals surface area contributed by atoms with E-state index in [2.05, 4.69) is 6.58 Å². The van der Waals surface area contributed by atoms with Crippen molar-refractivity contribution in [2.45, 2.75) is 25.9 Å². The molecular weight excluding hydrogens is 168 g/mol. The summed E-state index contributed by atoms with van der Waals surface area (Å²) in [6.45, 7) is 5.83. The third-order valence-corrected chi connectivity index (χ3v) is 2.48. The van der Waals surface area contributed by atoms with Crippen LogP contribution in [0.1, 0.15) is 19.8 Å². The van der Waals surface area contributed by atoms with Gasteiger partial charge in [-0.2, -0.15) is 0 Å². The first-order chi connectivity index (χ1) is 6.19. The molecule has 1 aliphatic rings. The minimum atomic E-state index is -0.377. The Kier molecular flexibility index (Phi) is 3.48. The molecule has 0 aromatic carbocycles. The molecule has 1 saturated carbocycles. The highest BCUT2D eigenvalue weighted by atomic mass is 16.5. The third-order valence-electron chi connectivity index (χ3n) is 2.48. The molecule has 1 N–H and O–H groups in total. The van der Waals surface area contributed by atoms with Crippen molar-refractivity contribution < 1.29 is 14.6 Å². The summed E-state index contributed by atoms with van der Waals surface area (Å²) in [4.78, 5) is 11.4. The molecule has 13 heavy (non-hydrogen) atoms. The average Bonchev–Trinajstić information content (AvgIpc) is 2.47. The van der Waals surface area contributed by atoms with Gasteiger partial charge < -0.3 is 9.84 Å². The second-order valence-corrected chi connectivity index (χ2v) is 3.38. The molecule has 3 heteroatoms. The second kappa shape index (κ2) is 4.42. The van der Waals surface area contributed by atoms with Crippen LogP contribution in [-0.2, 0) is 9.53 Å². The lowest BCUT2D eigenvalue weighted by molar-refractivity contribution is -0.148. The van der Waals surface area contributed by atoms with E-state index in [1.54, 1.807) is 13.0 Å². The normalized spacial score (nSPS) is 32.9. The molecule has 1 fully saturated rings. The Morgan fingerprint density at radius 3 is 2.92 bits per heavy atom. The molecule has 0 heterocycles. The average molecular weight is 184 g/mol. The van der Waals surface area contributed by atoms with Crippen molar-refractivity contribution in [3.8, 4) is 0 Å². The topological polar surface area (TPSA) is 46.5 Å². The summed E-state index contributed by atoms with van der Waals surface area (Å²) in [6, 6.07) is 0. The number of ether oxygens (including phenoxy) is 1. The summed E-state index contributed by atoms with van der Waals surface area (Å²) >= 11 is 0. The van der Waals surface area contributed by atoms with Crippen molar-refractivity contribution >= 4 is 5.97 Å². The van der Waals surface area contributed by atoms with Crippen LogP contribution in [0, 0.1) is 11.8 Å². The lowest BCUT2D eigenvalue weighted by Crippen LogP contribution is -2.20. The molecule has 1 rings (SSSR count). The van der Waals surface area contributed by atoms with E-state index in [1.807, 2.05) is 0 Å². The molecule has 0 aliphatic heterocycles. The predicted molar refractivity (Wildman–Crippen MR) is 49.1 cm³/mol. The van der Waals surface area contributed by atoms with Crippen LogP contribution in [0.5, 0.6) is 0 Å². The summed E-state index contributed by atoms with van der Waals surface area (Å²) in [5, 5.41) is 9.36. The Balaban J connectivity index is 2.57. The van der Waals surface area contributed by atoms with Crippen LogP contribution in [0.3, 0.4) is 0 Å². The molecule has 0 radical (unpaired) electrons. The van der Waals surface area contributed by atoms with Gasteiger partial charge in [0.1, 0.15) is 0 Å². The van der Waals surface area contributed by atoms with Gasteiger partial charge in [0, 0.05) is 0 Å². The highest BCUT2D eigenvalue weighted by Gasteiger charge is 2.37. The van der Waals surface area contributed by atoms with Gasteiger partial charge in [0.25, 0.3) is 0 Å². The monoisotopic (exact) mass is 184 g/mol. The molecule has 1 aliphatic carbocycles. The number of rotatable bonds is 3. The van der Waals surface area contributed by atoms with E-state index < -0.39 is 0 Å². The second-order valence-electron chi connectivity index (χ2n) is 3.38. The van der Waals surface area contributed by atoms with E-state index in [4.69, 9.17) is 4.74 Å². The Morgan fingerprint density at radius 2 is 2.38 bits per heavy atom. The summed E-state index contributed by atoms with van der Waals surface area (Å²) in [7, 11) is 0. The number of esters is 1. The molecular formula is C10H16O3. The Labute approximate surface area is 78.4 Å². The number of aliphatic hydroxyl groups is 1. The van der Waals surface area contributed by atoms with Crippen molar-refractivity contribution in [3.05, 3.63) is 12.7 Å². The molecule has 74 valence electrons. The summed E-state index contributed by atoms with van der Waals surface area (Å²) in [6.07, 6.45) is 2.50. The van der Waals surface area contributed by atoms with Gasteiger partial charge in [-0.1, -0.05) is 6.08 Å². The van der Waals surface area contributed by atoms with Crippen LogP contribution in [-0.4, -0.2) is 23.8 Å². The first-order valence-corrected chi connectivity index (χ1v) is 4.66. The lowest BCUT2D eigenvalue weighted by atomic mass is 9.97. The minimum Gasteiger partial charge on any atom is -0.466 e. The maximum Gasteiger partial charge on any atom is 0.309 e. The molecule has 0 amide bonds. The van der Waals surface area contributed by atoms with Crippen LogP contribution < -0.4 is 0 Å². The van der Waals surface area contributed by atoms with E-state index in [0.29, 0.717) is 19.4 Å². The number of hydrogen-bond acceptors (Lipinski definition) is 3. The zero-order chi connectivity index (χ0) is 9.84. The first kappa shape index (κ1) is 10.3. The zero-order valence-corrected chi connectivity index (χ0v) is 7.90.